The van der Waals surface area contributed by atoms with Crippen LogP contribution in [0.5, 0.6) is 11.5 Å². The first-order valence-electron chi connectivity index (χ1n) is 12.0. The first kappa shape index (κ1) is 25.4. The third-order valence-corrected chi connectivity index (χ3v) is 7.44. The van der Waals surface area contributed by atoms with Crippen molar-refractivity contribution in [3.63, 3.8) is 0 Å². The molecule has 35 heavy (non-hydrogen) atoms. The lowest BCUT2D eigenvalue weighted by Crippen LogP contribution is -2.52. The molecule has 0 atom stereocenters. The molecule has 7 nitrogen and oxygen atoms in total. The molecule has 1 fully saturated rings. The molecule has 0 aromatic heterocycles. The lowest BCUT2D eigenvalue weighted by Gasteiger charge is -2.44. The Morgan fingerprint density at radius 3 is 2.34 bits per heavy atom. The lowest BCUT2D eigenvalue weighted by atomic mass is 9.82. The van der Waals surface area contributed by atoms with E-state index in [1.807, 2.05) is 51.1 Å². The quantitative estimate of drug-likeness (QED) is 0.586. The number of benzene rings is 2. The van der Waals surface area contributed by atoms with Crippen molar-refractivity contribution in [3.8, 4) is 22.6 Å². The summed E-state index contributed by atoms with van der Waals surface area (Å²) in [5.74, 6) is 1.41. The zero-order valence-electron chi connectivity index (χ0n) is 21.2. The number of sulfone groups is 1. The zero-order valence-corrected chi connectivity index (χ0v) is 22.0. The second-order valence-electron chi connectivity index (χ2n) is 10.7. The average Bonchev–Trinajstić information content (AvgIpc) is 2.77. The second-order valence-corrected chi connectivity index (χ2v) is 12.8. The van der Waals surface area contributed by atoms with E-state index in [2.05, 4.69) is 6.07 Å². The Bertz CT molecular complexity index is 1210. The topological polar surface area (TPSA) is 82.1 Å². The van der Waals surface area contributed by atoms with Gasteiger partial charge in [-0.15, -0.1) is 0 Å². The van der Waals surface area contributed by atoms with E-state index in [0.717, 1.165) is 48.1 Å². The molecular weight excluding hydrogens is 466 g/mol. The van der Waals surface area contributed by atoms with Gasteiger partial charge in [0.05, 0.1) is 12.9 Å². The van der Waals surface area contributed by atoms with Gasteiger partial charge in [0.25, 0.3) is 0 Å². The van der Waals surface area contributed by atoms with Gasteiger partial charge >= 0.3 is 6.09 Å². The van der Waals surface area contributed by atoms with Gasteiger partial charge in [-0.3, -0.25) is 0 Å². The molecule has 2 heterocycles. The molecule has 1 spiro atoms. The standard InChI is InChI=1S/C27H35NO6S/c1-26(2,3)34-25(29)28-14-12-27(13-15-28)11-10-21-16-19(8-9-23(21)33-27)20-6-7-22(18-35(5,30)31)24(17-20)32-4/h6-9,16-17H,10-15,18H2,1-5H3. The van der Waals surface area contributed by atoms with Crippen molar-refractivity contribution in [2.24, 2.45) is 0 Å². The molecular formula is C27H35NO6S. The molecule has 0 bridgehead atoms. The number of hydrogen-bond donors (Lipinski definition) is 0. The van der Waals surface area contributed by atoms with E-state index < -0.39 is 15.4 Å². The molecule has 0 saturated carbocycles. The summed E-state index contributed by atoms with van der Waals surface area (Å²) in [6.07, 6.45) is 4.34. The highest BCUT2D eigenvalue weighted by molar-refractivity contribution is 7.89. The van der Waals surface area contributed by atoms with Crippen molar-refractivity contribution in [1.29, 1.82) is 0 Å². The maximum absolute atomic E-state index is 12.4. The van der Waals surface area contributed by atoms with E-state index in [0.29, 0.717) is 24.4 Å². The molecule has 0 unspecified atom stereocenters. The van der Waals surface area contributed by atoms with Crippen LogP contribution in [0.1, 0.15) is 51.2 Å². The monoisotopic (exact) mass is 501 g/mol. The van der Waals surface area contributed by atoms with Gasteiger partial charge in [0, 0.05) is 37.8 Å². The molecule has 2 aliphatic heterocycles. The molecule has 2 aromatic carbocycles. The highest BCUT2D eigenvalue weighted by atomic mass is 32.2. The number of fused-ring (bicyclic) bond motifs is 1. The van der Waals surface area contributed by atoms with Crippen molar-refractivity contribution in [2.75, 3.05) is 26.5 Å². The fourth-order valence-corrected chi connectivity index (χ4v) is 5.61. The molecule has 4 rings (SSSR count). The molecule has 1 saturated heterocycles. The Balaban J connectivity index is 1.46. The van der Waals surface area contributed by atoms with Crippen LogP contribution in [-0.4, -0.2) is 57.1 Å². The van der Waals surface area contributed by atoms with E-state index in [1.165, 1.54) is 6.26 Å². The number of likely N-dealkylation sites (tertiary alicyclic amines) is 1. The number of methoxy groups -OCH3 is 1. The number of nitrogens with zero attached hydrogens (tertiary/aromatic N) is 1. The van der Waals surface area contributed by atoms with Gasteiger partial charge in [-0.1, -0.05) is 18.2 Å². The molecule has 0 radical (unpaired) electrons. The Kier molecular flexibility index (Phi) is 6.79. The zero-order chi connectivity index (χ0) is 25.4. The van der Waals surface area contributed by atoms with Gasteiger partial charge < -0.3 is 19.1 Å². The van der Waals surface area contributed by atoms with Crippen molar-refractivity contribution in [2.45, 2.75) is 63.4 Å². The lowest BCUT2D eigenvalue weighted by molar-refractivity contribution is -0.0272. The van der Waals surface area contributed by atoms with Crippen LogP contribution in [0.3, 0.4) is 0 Å². The molecule has 2 aliphatic rings. The van der Waals surface area contributed by atoms with Crippen LogP contribution >= 0.6 is 0 Å². The van der Waals surface area contributed by atoms with Crippen LogP contribution in [0, 0.1) is 0 Å². The van der Waals surface area contributed by atoms with Crippen LogP contribution in [0.15, 0.2) is 36.4 Å². The third-order valence-electron chi connectivity index (χ3n) is 6.60. The summed E-state index contributed by atoms with van der Waals surface area (Å²) < 4.78 is 41.0. The summed E-state index contributed by atoms with van der Waals surface area (Å²) in [7, 11) is -1.60. The van der Waals surface area contributed by atoms with Crippen LogP contribution in [0.4, 0.5) is 4.79 Å². The summed E-state index contributed by atoms with van der Waals surface area (Å²) in [6.45, 7) is 6.90. The highest BCUT2D eigenvalue weighted by Gasteiger charge is 2.41. The SMILES string of the molecule is COc1cc(-c2ccc3c(c2)CCC2(CCN(C(=O)OC(C)(C)C)CC2)O3)ccc1CS(C)(=O)=O. The Labute approximate surface area is 208 Å². The van der Waals surface area contributed by atoms with Crippen LogP contribution < -0.4 is 9.47 Å². The number of ether oxygens (including phenoxy) is 3. The van der Waals surface area contributed by atoms with Crippen LogP contribution in [0.2, 0.25) is 0 Å². The van der Waals surface area contributed by atoms with Crippen molar-refractivity contribution in [3.05, 3.63) is 47.5 Å². The average molecular weight is 502 g/mol. The van der Waals surface area contributed by atoms with Crippen molar-refractivity contribution in [1.82, 2.24) is 4.90 Å². The highest BCUT2D eigenvalue weighted by Crippen LogP contribution is 2.41. The predicted octanol–water partition coefficient (Wildman–Crippen LogP) is 5.00. The number of hydrogen-bond acceptors (Lipinski definition) is 6. The summed E-state index contributed by atoms with van der Waals surface area (Å²) in [5.41, 5.74) is 3.06. The Hall–Kier alpha value is -2.74. The number of amides is 1. The Morgan fingerprint density at radius 1 is 1.06 bits per heavy atom. The fraction of sp³-hybridized carbons (Fsp3) is 0.519. The normalized spacial score (nSPS) is 17.5. The first-order valence-corrected chi connectivity index (χ1v) is 14.1. The van der Waals surface area contributed by atoms with E-state index in [-0.39, 0.29) is 17.4 Å². The van der Waals surface area contributed by atoms with Gasteiger partial charge in [-0.2, -0.15) is 0 Å². The Morgan fingerprint density at radius 2 is 1.71 bits per heavy atom. The smallest absolute Gasteiger partial charge is 0.410 e. The van der Waals surface area contributed by atoms with Crippen LogP contribution in [-0.2, 0) is 26.7 Å². The van der Waals surface area contributed by atoms with E-state index >= 15 is 0 Å². The molecule has 0 N–H and O–H groups in total. The molecule has 0 aliphatic carbocycles. The van der Waals surface area contributed by atoms with E-state index in [4.69, 9.17) is 14.2 Å². The van der Waals surface area contributed by atoms with Crippen LogP contribution in [0.25, 0.3) is 11.1 Å². The number of piperidine rings is 1. The van der Waals surface area contributed by atoms with Crippen molar-refractivity contribution >= 4 is 15.9 Å². The van der Waals surface area contributed by atoms with Gasteiger partial charge in [0.1, 0.15) is 22.7 Å². The van der Waals surface area contributed by atoms with Gasteiger partial charge in [-0.05, 0) is 68.5 Å². The summed E-state index contributed by atoms with van der Waals surface area (Å²) in [6, 6.07) is 11.8. The van der Waals surface area contributed by atoms with Crippen molar-refractivity contribution < 1.29 is 27.4 Å². The van der Waals surface area contributed by atoms with E-state index in [9.17, 15) is 13.2 Å². The fourth-order valence-electron chi connectivity index (χ4n) is 4.80. The maximum atomic E-state index is 12.4. The summed E-state index contributed by atoms with van der Waals surface area (Å²) in [5, 5.41) is 0. The van der Waals surface area contributed by atoms with Gasteiger partial charge in [0.2, 0.25) is 0 Å². The van der Waals surface area contributed by atoms with E-state index in [1.54, 1.807) is 12.0 Å². The maximum Gasteiger partial charge on any atom is 0.410 e. The molecule has 8 heteroatoms. The predicted molar refractivity (Wildman–Crippen MR) is 136 cm³/mol. The van der Waals surface area contributed by atoms with Gasteiger partial charge in [0.15, 0.2) is 9.84 Å². The number of carbonyl (C=O) groups is 1. The third kappa shape index (κ3) is 6.10. The summed E-state index contributed by atoms with van der Waals surface area (Å²) >= 11 is 0. The minimum atomic E-state index is -3.15. The number of carbonyl (C=O) groups excluding carboxylic acids is 1. The minimum absolute atomic E-state index is 0.0537. The molecule has 2 aromatic rings. The minimum Gasteiger partial charge on any atom is -0.496 e. The molecule has 190 valence electrons. The number of aryl methyl sites for hydroxylation is 1. The summed E-state index contributed by atoms with van der Waals surface area (Å²) in [4.78, 5) is 14.2. The molecule has 1 amide bonds. The number of rotatable bonds is 4. The second kappa shape index (κ2) is 9.37. The largest absolute Gasteiger partial charge is 0.496 e. The van der Waals surface area contributed by atoms with Gasteiger partial charge in [-0.25, -0.2) is 13.2 Å². The first-order chi connectivity index (χ1) is 16.4.